The minimum atomic E-state index is 0.106. The lowest BCUT2D eigenvalue weighted by molar-refractivity contribution is -0.132. The summed E-state index contributed by atoms with van der Waals surface area (Å²) >= 11 is 0. The van der Waals surface area contributed by atoms with Crippen LogP contribution >= 0.6 is 0 Å². The molecule has 1 aliphatic heterocycles. The van der Waals surface area contributed by atoms with Crippen molar-refractivity contribution in [1.82, 2.24) is 9.80 Å². The van der Waals surface area contributed by atoms with Crippen LogP contribution in [0.5, 0.6) is 0 Å². The zero-order valence-corrected chi connectivity index (χ0v) is 10.5. The van der Waals surface area contributed by atoms with E-state index in [1.807, 2.05) is 4.90 Å². The van der Waals surface area contributed by atoms with Crippen molar-refractivity contribution >= 4 is 5.91 Å². The number of amides is 1. The fourth-order valence-electron chi connectivity index (χ4n) is 1.86. The zero-order valence-electron chi connectivity index (χ0n) is 10.5. The Kier molecular flexibility index (Phi) is 4.14. The van der Waals surface area contributed by atoms with Gasteiger partial charge in [0.05, 0.1) is 0 Å². The van der Waals surface area contributed by atoms with Crippen molar-refractivity contribution in [3.05, 3.63) is 0 Å². The van der Waals surface area contributed by atoms with E-state index in [-0.39, 0.29) is 5.41 Å². The van der Waals surface area contributed by atoms with E-state index >= 15 is 0 Å². The van der Waals surface area contributed by atoms with Gasteiger partial charge in [-0.1, -0.05) is 20.8 Å². The molecule has 1 aliphatic rings. The molecule has 0 spiro atoms. The van der Waals surface area contributed by atoms with Crippen molar-refractivity contribution < 1.29 is 4.79 Å². The number of carbonyl (C=O) groups is 1. The quantitative estimate of drug-likeness (QED) is 0.659. The maximum absolute atomic E-state index is 12.0. The predicted molar refractivity (Wildman–Crippen MR) is 62.8 cm³/mol. The summed E-state index contributed by atoms with van der Waals surface area (Å²) in [6, 6.07) is 0. The van der Waals surface area contributed by atoms with E-state index in [2.05, 4.69) is 32.7 Å². The lowest BCUT2D eigenvalue weighted by Gasteiger charge is -2.25. The Bertz CT molecular complexity index is 220. The fourth-order valence-corrected chi connectivity index (χ4v) is 1.86. The van der Waals surface area contributed by atoms with Gasteiger partial charge in [-0.2, -0.15) is 0 Å². The first-order valence-electron chi connectivity index (χ1n) is 5.85. The van der Waals surface area contributed by atoms with E-state index in [0.717, 1.165) is 32.6 Å². The van der Waals surface area contributed by atoms with Gasteiger partial charge in [0.1, 0.15) is 0 Å². The first-order valence-corrected chi connectivity index (χ1v) is 5.85. The van der Waals surface area contributed by atoms with Gasteiger partial charge in [0, 0.05) is 26.1 Å². The van der Waals surface area contributed by atoms with E-state index in [9.17, 15) is 4.79 Å². The molecule has 0 aliphatic carbocycles. The van der Waals surface area contributed by atoms with Gasteiger partial charge in [-0.3, -0.25) is 4.79 Å². The summed E-state index contributed by atoms with van der Waals surface area (Å²) in [5, 5.41) is 0. The van der Waals surface area contributed by atoms with Crippen LogP contribution in [0.25, 0.3) is 0 Å². The highest BCUT2D eigenvalue weighted by Crippen LogP contribution is 2.20. The third-order valence-corrected chi connectivity index (χ3v) is 2.75. The molecule has 3 heteroatoms. The second kappa shape index (κ2) is 4.97. The smallest absolute Gasteiger partial charge is 0.223 e. The molecule has 0 saturated carbocycles. The molecule has 0 aromatic heterocycles. The van der Waals surface area contributed by atoms with Crippen LogP contribution in [0.1, 0.15) is 33.6 Å². The number of hydrogen-bond acceptors (Lipinski definition) is 2. The van der Waals surface area contributed by atoms with Crippen molar-refractivity contribution in [2.24, 2.45) is 5.41 Å². The summed E-state index contributed by atoms with van der Waals surface area (Å²) in [5.74, 6) is 0.317. The molecule has 1 saturated heterocycles. The molecule has 0 bridgehead atoms. The summed E-state index contributed by atoms with van der Waals surface area (Å²) in [6.07, 6.45) is 1.77. The van der Waals surface area contributed by atoms with E-state index in [1.165, 1.54) is 0 Å². The Hall–Kier alpha value is -0.570. The Morgan fingerprint density at radius 1 is 1.13 bits per heavy atom. The molecule has 1 heterocycles. The lowest BCUT2D eigenvalue weighted by Crippen LogP contribution is -2.36. The van der Waals surface area contributed by atoms with Crippen molar-refractivity contribution in [3.8, 4) is 0 Å². The van der Waals surface area contributed by atoms with Gasteiger partial charge in [0.2, 0.25) is 5.91 Å². The molecule has 1 fully saturated rings. The molecule has 0 atom stereocenters. The van der Waals surface area contributed by atoms with Gasteiger partial charge >= 0.3 is 0 Å². The van der Waals surface area contributed by atoms with Crippen molar-refractivity contribution in [3.63, 3.8) is 0 Å². The molecule has 15 heavy (non-hydrogen) atoms. The second-order valence-electron chi connectivity index (χ2n) is 5.78. The minimum Gasteiger partial charge on any atom is -0.341 e. The van der Waals surface area contributed by atoms with E-state index in [1.54, 1.807) is 0 Å². The van der Waals surface area contributed by atoms with Crippen LogP contribution in [0.3, 0.4) is 0 Å². The second-order valence-corrected chi connectivity index (χ2v) is 5.78. The van der Waals surface area contributed by atoms with Crippen LogP contribution in [0.2, 0.25) is 0 Å². The molecule has 0 aromatic rings. The molecule has 0 N–H and O–H groups in total. The summed E-state index contributed by atoms with van der Waals surface area (Å²) < 4.78 is 0. The Morgan fingerprint density at radius 2 is 1.80 bits per heavy atom. The summed E-state index contributed by atoms with van der Waals surface area (Å²) in [7, 11) is 2.12. The Labute approximate surface area is 93.4 Å². The fraction of sp³-hybridized carbons (Fsp3) is 0.917. The first kappa shape index (κ1) is 12.5. The van der Waals surface area contributed by atoms with Crippen molar-refractivity contribution in [2.45, 2.75) is 33.6 Å². The summed E-state index contributed by atoms with van der Waals surface area (Å²) in [5.41, 5.74) is 0.106. The van der Waals surface area contributed by atoms with Crippen LogP contribution in [-0.4, -0.2) is 48.9 Å². The van der Waals surface area contributed by atoms with E-state index in [0.29, 0.717) is 12.3 Å². The number of hydrogen-bond donors (Lipinski definition) is 0. The number of carbonyl (C=O) groups excluding carboxylic acids is 1. The summed E-state index contributed by atoms with van der Waals surface area (Å²) in [6.45, 7) is 10.3. The molecule has 0 radical (unpaired) electrons. The van der Waals surface area contributed by atoms with E-state index < -0.39 is 0 Å². The molecule has 1 amide bonds. The number of likely N-dealkylation sites (N-methyl/N-ethyl adjacent to an activating group) is 1. The Balaban J connectivity index is 2.45. The Morgan fingerprint density at radius 3 is 2.40 bits per heavy atom. The first-order chi connectivity index (χ1) is 6.88. The summed E-state index contributed by atoms with van der Waals surface area (Å²) in [4.78, 5) is 16.3. The normalized spacial score (nSPS) is 20.1. The van der Waals surface area contributed by atoms with Crippen LogP contribution in [0.15, 0.2) is 0 Å². The average Bonchev–Trinajstić information content (AvgIpc) is 2.26. The molecule has 0 aromatic carbocycles. The van der Waals surface area contributed by atoms with Gasteiger partial charge < -0.3 is 9.80 Å². The third kappa shape index (κ3) is 4.65. The van der Waals surface area contributed by atoms with Crippen LogP contribution in [0.4, 0.5) is 0 Å². The SMILES string of the molecule is CN1CCCN(C(=O)CC(C)(C)C)CC1. The standard InChI is InChI=1S/C12H24N2O/c1-12(2,3)10-11(15)14-7-5-6-13(4)8-9-14/h5-10H2,1-4H3. The number of rotatable bonds is 1. The third-order valence-electron chi connectivity index (χ3n) is 2.75. The van der Waals surface area contributed by atoms with Gasteiger partial charge in [-0.15, -0.1) is 0 Å². The lowest BCUT2D eigenvalue weighted by atomic mass is 9.91. The van der Waals surface area contributed by atoms with Gasteiger partial charge in [0.15, 0.2) is 0 Å². The van der Waals surface area contributed by atoms with Crippen LogP contribution in [-0.2, 0) is 4.79 Å². The topological polar surface area (TPSA) is 23.6 Å². The largest absolute Gasteiger partial charge is 0.341 e. The highest BCUT2D eigenvalue weighted by atomic mass is 16.2. The van der Waals surface area contributed by atoms with Gasteiger partial charge in [0.25, 0.3) is 0 Å². The molecule has 0 unspecified atom stereocenters. The van der Waals surface area contributed by atoms with E-state index in [4.69, 9.17) is 0 Å². The average molecular weight is 212 g/mol. The monoisotopic (exact) mass is 212 g/mol. The zero-order chi connectivity index (χ0) is 11.5. The molecule has 88 valence electrons. The van der Waals surface area contributed by atoms with Crippen molar-refractivity contribution in [2.75, 3.05) is 33.2 Å². The molecular weight excluding hydrogens is 188 g/mol. The molecular formula is C12H24N2O. The highest BCUT2D eigenvalue weighted by molar-refractivity contribution is 5.76. The number of nitrogens with zero attached hydrogens (tertiary/aromatic N) is 2. The maximum atomic E-state index is 12.0. The maximum Gasteiger partial charge on any atom is 0.223 e. The van der Waals surface area contributed by atoms with Gasteiger partial charge in [-0.25, -0.2) is 0 Å². The van der Waals surface area contributed by atoms with Gasteiger partial charge in [-0.05, 0) is 25.4 Å². The molecule has 3 nitrogen and oxygen atoms in total. The predicted octanol–water partition coefficient (Wildman–Crippen LogP) is 1.59. The van der Waals surface area contributed by atoms with Crippen LogP contribution in [0, 0.1) is 5.41 Å². The highest BCUT2D eigenvalue weighted by Gasteiger charge is 2.22. The van der Waals surface area contributed by atoms with Crippen LogP contribution < -0.4 is 0 Å². The minimum absolute atomic E-state index is 0.106. The molecule has 1 rings (SSSR count). The van der Waals surface area contributed by atoms with Crippen molar-refractivity contribution in [1.29, 1.82) is 0 Å².